The first-order valence-corrected chi connectivity index (χ1v) is 9.84. The van der Waals surface area contributed by atoms with Crippen LogP contribution >= 0.6 is 34.3 Å². The SMILES string of the molecule is CCC(=O)Nc1nc(-c2sc(NC(=O)c3ccccc3Cl)nc2C)cs1. The fraction of sp³-hybridized carbons (Fsp3) is 0.176. The molecule has 0 fully saturated rings. The van der Waals surface area contributed by atoms with E-state index in [1.165, 1.54) is 22.7 Å². The minimum absolute atomic E-state index is 0.0837. The fourth-order valence-electron chi connectivity index (χ4n) is 2.14. The van der Waals surface area contributed by atoms with Crippen LogP contribution in [0.3, 0.4) is 0 Å². The highest BCUT2D eigenvalue weighted by Crippen LogP contribution is 2.34. The topological polar surface area (TPSA) is 84.0 Å². The number of thiazole rings is 2. The molecule has 2 heterocycles. The van der Waals surface area contributed by atoms with Crippen LogP contribution in [0.1, 0.15) is 29.4 Å². The van der Waals surface area contributed by atoms with Crippen LogP contribution in [0.5, 0.6) is 0 Å². The molecule has 0 radical (unpaired) electrons. The van der Waals surface area contributed by atoms with Gasteiger partial charge in [-0.05, 0) is 19.1 Å². The molecular weight excluding hydrogens is 392 g/mol. The van der Waals surface area contributed by atoms with Crippen LogP contribution in [0.2, 0.25) is 5.02 Å². The number of aryl methyl sites for hydroxylation is 1. The number of halogens is 1. The van der Waals surface area contributed by atoms with Crippen molar-refractivity contribution < 1.29 is 9.59 Å². The Balaban J connectivity index is 1.78. The third-order valence-electron chi connectivity index (χ3n) is 3.44. The van der Waals surface area contributed by atoms with Crippen molar-refractivity contribution in [2.75, 3.05) is 10.6 Å². The smallest absolute Gasteiger partial charge is 0.258 e. The largest absolute Gasteiger partial charge is 0.302 e. The first-order valence-electron chi connectivity index (χ1n) is 7.77. The molecule has 9 heteroatoms. The zero-order valence-electron chi connectivity index (χ0n) is 14.0. The van der Waals surface area contributed by atoms with Crippen molar-refractivity contribution in [3.05, 3.63) is 45.9 Å². The van der Waals surface area contributed by atoms with E-state index in [1.807, 2.05) is 12.3 Å². The van der Waals surface area contributed by atoms with Crippen molar-refractivity contribution in [3.8, 4) is 10.6 Å². The van der Waals surface area contributed by atoms with Crippen LogP contribution in [-0.2, 0) is 4.79 Å². The number of nitrogens with zero attached hydrogens (tertiary/aromatic N) is 2. The third-order valence-corrected chi connectivity index (χ3v) is 5.62. The summed E-state index contributed by atoms with van der Waals surface area (Å²) in [7, 11) is 0. The monoisotopic (exact) mass is 406 g/mol. The number of hydrogen-bond acceptors (Lipinski definition) is 6. The van der Waals surface area contributed by atoms with Gasteiger partial charge in [0.15, 0.2) is 10.3 Å². The van der Waals surface area contributed by atoms with Crippen molar-refractivity contribution in [3.63, 3.8) is 0 Å². The second-order valence-electron chi connectivity index (χ2n) is 5.31. The molecule has 2 amide bonds. The molecule has 0 spiro atoms. The first kappa shape index (κ1) is 18.5. The highest BCUT2D eigenvalue weighted by atomic mass is 35.5. The molecule has 134 valence electrons. The van der Waals surface area contributed by atoms with E-state index >= 15 is 0 Å². The van der Waals surface area contributed by atoms with E-state index in [0.717, 1.165) is 16.3 Å². The number of benzene rings is 1. The maximum absolute atomic E-state index is 12.4. The second kappa shape index (κ2) is 7.94. The van der Waals surface area contributed by atoms with Crippen molar-refractivity contribution in [2.45, 2.75) is 20.3 Å². The van der Waals surface area contributed by atoms with Gasteiger partial charge in [0.25, 0.3) is 5.91 Å². The number of rotatable bonds is 5. The fourth-order valence-corrected chi connectivity index (χ4v) is 4.08. The van der Waals surface area contributed by atoms with Gasteiger partial charge in [0.1, 0.15) is 0 Å². The average molecular weight is 407 g/mol. The summed E-state index contributed by atoms with van der Waals surface area (Å²) < 4.78 is 0. The summed E-state index contributed by atoms with van der Waals surface area (Å²) >= 11 is 8.73. The van der Waals surface area contributed by atoms with Crippen molar-refractivity contribution in [2.24, 2.45) is 0 Å². The lowest BCUT2D eigenvalue weighted by Crippen LogP contribution is -2.12. The number of aromatic nitrogens is 2. The van der Waals surface area contributed by atoms with Gasteiger partial charge in [-0.15, -0.1) is 11.3 Å². The predicted octanol–water partition coefficient (Wildman–Crippen LogP) is 4.83. The summed E-state index contributed by atoms with van der Waals surface area (Å²) in [5.41, 5.74) is 1.86. The molecule has 0 unspecified atom stereocenters. The molecule has 3 aromatic rings. The number of anilines is 2. The Kier molecular flexibility index (Phi) is 5.65. The van der Waals surface area contributed by atoms with E-state index < -0.39 is 0 Å². The van der Waals surface area contributed by atoms with Crippen molar-refractivity contribution >= 4 is 56.4 Å². The van der Waals surface area contributed by atoms with E-state index in [9.17, 15) is 9.59 Å². The summed E-state index contributed by atoms with van der Waals surface area (Å²) in [6.45, 7) is 3.63. The number of hydrogen-bond donors (Lipinski definition) is 2. The Bertz CT molecular complexity index is 967. The standard InChI is InChI=1S/C17H15ClN4O2S2/c1-3-13(23)21-16-20-12(8-25-16)14-9(2)19-17(26-14)22-15(24)10-6-4-5-7-11(10)18/h4-8H,3H2,1-2H3,(H,19,22,24)(H,20,21,23). The molecule has 2 N–H and O–H groups in total. The van der Waals surface area contributed by atoms with E-state index in [1.54, 1.807) is 31.2 Å². The molecule has 0 saturated heterocycles. The van der Waals surface area contributed by atoms with Gasteiger partial charge in [-0.1, -0.05) is 42.0 Å². The second-order valence-corrected chi connectivity index (χ2v) is 7.57. The lowest BCUT2D eigenvalue weighted by molar-refractivity contribution is -0.115. The van der Waals surface area contributed by atoms with Crippen molar-refractivity contribution in [1.82, 2.24) is 9.97 Å². The number of amides is 2. The first-order chi connectivity index (χ1) is 12.5. The molecular formula is C17H15ClN4O2S2. The normalized spacial score (nSPS) is 10.6. The van der Waals surface area contributed by atoms with Gasteiger partial charge in [0, 0.05) is 11.8 Å². The molecule has 1 aromatic carbocycles. The summed E-state index contributed by atoms with van der Waals surface area (Å²) in [4.78, 5) is 33.5. The Morgan fingerprint density at radius 1 is 1.15 bits per heavy atom. The van der Waals surface area contributed by atoms with Crippen LogP contribution in [0, 0.1) is 6.92 Å². The molecule has 0 saturated carbocycles. The van der Waals surface area contributed by atoms with E-state index in [2.05, 4.69) is 20.6 Å². The quantitative estimate of drug-likeness (QED) is 0.635. The van der Waals surface area contributed by atoms with Crippen molar-refractivity contribution in [1.29, 1.82) is 0 Å². The molecule has 0 aliphatic carbocycles. The predicted molar refractivity (Wildman–Crippen MR) is 106 cm³/mol. The molecule has 2 aromatic heterocycles. The number of nitrogens with one attached hydrogen (secondary N) is 2. The average Bonchev–Trinajstić information content (AvgIpc) is 3.21. The third kappa shape index (κ3) is 4.09. The maximum atomic E-state index is 12.4. The zero-order chi connectivity index (χ0) is 18.7. The lowest BCUT2D eigenvalue weighted by atomic mass is 10.2. The maximum Gasteiger partial charge on any atom is 0.258 e. The molecule has 0 bridgehead atoms. The zero-order valence-corrected chi connectivity index (χ0v) is 16.4. The van der Waals surface area contributed by atoms with Gasteiger partial charge in [0.2, 0.25) is 5.91 Å². The number of carbonyl (C=O) groups excluding carboxylic acids is 2. The van der Waals surface area contributed by atoms with Gasteiger partial charge in [0.05, 0.1) is 26.9 Å². The summed E-state index contributed by atoms with van der Waals surface area (Å²) in [5, 5.41) is 8.75. The highest BCUT2D eigenvalue weighted by molar-refractivity contribution is 7.20. The minimum atomic E-state index is -0.315. The summed E-state index contributed by atoms with van der Waals surface area (Å²) in [6, 6.07) is 6.83. The van der Waals surface area contributed by atoms with Gasteiger partial charge >= 0.3 is 0 Å². The minimum Gasteiger partial charge on any atom is -0.302 e. The van der Waals surface area contributed by atoms with Crippen LogP contribution in [0.4, 0.5) is 10.3 Å². The summed E-state index contributed by atoms with van der Waals surface area (Å²) in [5.74, 6) is -0.398. The van der Waals surface area contributed by atoms with Crippen LogP contribution in [0.25, 0.3) is 10.6 Å². The molecule has 6 nitrogen and oxygen atoms in total. The van der Waals surface area contributed by atoms with Gasteiger partial charge in [-0.2, -0.15) is 0 Å². The molecule has 0 aliphatic rings. The molecule has 3 rings (SSSR count). The van der Waals surface area contributed by atoms with Gasteiger partial charge in [-0.3, -0.25) is 14.9 Å². The molecule has 26 heavy (non-hydrogen) atoms. The van der Waals surface area contributed by atoms with Crippen LogP contribution in [0.15, 0.2) is 29.6 Å². The highest BCUT2D eigenvalue weighted by Gasteiger charge is 2.17. The van der Waals surface area contributed by atoms with E-state index in [4.69, 9.17) is 11.6 Å². The number of carbonyl (C=O) groups is 2. The molecule has 0 aliphatic heterocycles. The van der Waals surface area contributed by atoms with E-state index in [-0.39, 0.29) is 11.8 Å². The Hall–Kier alpha value is -2.29. The Morgan fingerprint density at radius 2 is 1.92 bits per heavy atom. The molecule has 0 atom stereocenters. The summed E-state index contributed by atoms with van der Waals surface area (Å²) in [6.07, 6.45) is 0.396. The Morgan fingerprint density at radius 3 is 2.65 bits per heavy atom. The van der Waals surface area contributed by atoms with E-state index in [0.29, 0.717) is 27.3 Å². The Labute approximate surface area is 163 Å². The van der Waals surface area contributed by atoms with Crippen LogP contribution in [-0.4, -0.2) is 21.8 Å². The lowest BCUT2D eigenvalue weighted by Gasteiger charge is -2.03. The van der Waals surface area contributed by atoms with Gasteiger partial charge in [-0.25, -0.2) is 9.97 Å². The van der Waals surface area contributed by atoms with Gasteiger partial charge < -0.3 is 5.32 Å². The van der Waals surface area contributed by atoms with Crippen LogP contribution < -0.4 is 10.6 Å².